The third-order valence-corrected chi connectivity index (χ3v) is 5.69. The Labute approximate surface area is 218 Å². The van der Waals surface area contributed by atoms with Gasteiger partial charge < -0.3 is 24.9 Å². The van der Waals surface area contributed by atoms with Gasteiger partial charge in [0.05, 0.1) is 43.1 Å². The molecule has 2 aromatic carbocycles. The van der Waals surface area contributed by atoms with Crippen LogP contribution in [0, 0.1) is 17.7 Å². The van der Waals surface area contributed by atoms with Gasteiger partial charge >= 0.3 is 5.97 Å². The fourth-order valence-corrected chi connectivity index (χ4v) is 3.86. The van der Waals surface area contributed by atoms with E-state index in [4.69, 9.17) is 26.3 Å². The zero-order chi connectivity index (χ0) is 26.0. The number of nitrogens with one attached hydrogen (secondary N) is 1. The molecule has 0 saturated heterocycles. The monoisotopic (exact) mass is 522 g/mol. The highest BCUT2D eigenvalue weighted by molar-refractivity contribution is 6.32. The molecule has 8 nitrogen and oxygen atoms in total. The van der Waals surface area contributed by atoms with Gasteiger partial charge in [0.25, 0.3) is 0 Å². The van der Waals surface area contributed by atoms with E-state index in [0.717, 1.165) is 11.3 Å². The van der Waals surface area contributed by atoms with E-state index in [0.29, 0.717) is 47.4 Å². The lowest BCUT2D eigenvalue weighted by atomic mass is 10.1. The Bertz CT molecular complexity index is 1340. The average molecular weight is 523 g/mol. The molecule has 1 aliphatic carbocycles. The van der Waals surface area contributed by atoms with E-state index in [1.165, 1.54) is 12.1 Å². The molecule has 0 saturated carbocycles. The summed E-state index contributed by atoms with van der Waals surface area (Å²) in [5.41, 5.74) is 3.81. The molecule has 0 bridgehead atoms. The average Bonchev–Trinajstić information content (AvgIpc) is 2.88. The summed E-state index contributed by atoms with van der Waals surface area (Å²) in [5.74, 6) is 5.07. The van der Waals surface area contributed by atoms with Gasteiger partial charge in [-0.3, -0.25) is 4.99 Å². The number of aliphatic imine (C=N–C) groups is 1. The number of halogens is 2. The molecule has 1 heterocycles. The Morgan fingerprint density at radius 3 is 2.95 bits per heavy atom. The van der Waals surface area contributed by atoms with Crippen LogP contribution in [0.5, 0.6) is 0 Å². The predicted octanol–water partition coefficient (Wildman–Crippen LogP) is 4.18. The van der Waals surface area contributed by atoms with Crippen LogP contribution in [-0.2, 0) is 27.5 Å². The number of aliphatic carboxylic acids is 1. The zero-order valence-corrected chi connectivity index (χ0v) is 20.5. The van der Waals surface area contributed by atoms with Crippen LogP contribution in [0.2, 0.25) is 0 Å². The second kappa shape index (κ2) is 12.6. The number of carboxylic acid groups (broad SMARTS) is 1. The number of benzene rings is 2. The fourth-order valence-electron chi connectivity index (χ4n) is 3.63. The number of hydrogen-bond donors (Lipinski definition) is 2. The van der Waals surface area contributed by atoms with Gasteiger partial charge in [-0.25, -0.2) is 9.18 Å². The number of oxime groups is 1. The second-order valence-corrected chi connectivity index (χ2v) is 8.46. The maximum Gasteiger partial charge on any atom is 0.344 e. The van der Waals surface area contributed by atoms with Crippen molar-refractivity contribution in [1.29, 1.82) is 0 Å². The summed E-state index contributed by atoms with van der Waals surface area (Å²) in [4.78, 5) is 22.1. The number of fused-ring (bicyclic) bond motifs is 1. The van der Waals surface area contributed by atoms with E-state index in [1.807, 2.05) is 29.2 Å². The Morgan fingerprint density at radius 2 is 2.11 bits per heavy atom. The maximum absolute atomic E-state index is 13.5. The van der Waals surface area contributed by atoms with E-state index in [2.05, 4.69) is 27.3 Å². The third kappa shape index (κ3) is 7.35. The summed E-state index contributed by atoms with van der Waals surface area (Å²) in [6.07, 6.45) is 3.56. The number of allylic oxidation sites excluding steroid dienone is 4. The highest BCUT2D eigenvalue weighted by Crippen LogP contribution is 2.26. The number of anilines is 1. The largest absolute Gasteiger partial charge is 0.491 e. The van der Waals surface area contributed by atoms with Crippen LogP contribution in [0.15, 0.2) is 81.2 Å². The Kier molecular flexibility index (Phi) is 8.79. The number of carboxylic acids is 1. The molecule has 2 aliphatic rings. The van der Waals surface area contributed by atoms with Crippen molar-refractivity contribution in [2.75, 3.05) is 24.6 Å². The van der Waals surface area contributed by atoms with Gasteiger partial charge in [0.1, 0.15) is 23.9 Å². The molecule has 1 aliphatic heterocycles. The minimum atomic E-state index is -1.15. The topological polar surface area (TPSA) is 95.8 Å². The number of carbonyl (C=O) groups is 1. The second-order valence-electron chi connectivity index (χ2n) is 8.05. The molecule has 2 N–H and O–H groups in total. The van der Waals surface area contributed by atoms with Crippen molar-refractivity contribution in [3.63, 3.8) is 0 Å². The molecule has 190 valence electrons. The standard InChI is InChI=1S/C27H24ClFN4O4/c28-22-13-23(31-10-3-4-11-33-18-30-15-20-7-1-2-9-25(20)33)24(32-37-17-27(34)35)14-26(22)36-16-19-6-5-8-21(29)12-19/h1-2,5-9,12-13,18,31H,10-11,14-17H2,(H,34,35)/b32-24+. The summed E-state index contributed by atoms with van der Waals surface area (Å²) < 4.78 is 19.2. The van der Waals surface area contributed by atoms with Gasteiger partial charge in [-0.2, -0.15) is 0 Å². The minimum Gasteiger partial charge on any atom is -0.491 e. The van der Waals surface area contributed by atoms with Crippen LogP contribution in [0.4, 0.5) is 10.1 Å². The van der Waals surface area contributed by atoms with Crippen molar-refractivity contribution in [2.45, 2.75) is 19.6 Å². The van der Waals surface area contributed by atoms with Crippen LogP contribution in [0.25, 0.3) is 0 Å². The summed E-state index contributed by atoms with van der Waals surface area (Å²) in [5, 5.41) is 16.3. The summed E-state index contributed by atoms with van der Waals surface area (Å²) >= 11 is 6.43. The molecule has 37 heavy (non-hydrogen) atoms. The van der Waals surface area contributed by atoms with Gasteiger partial charge in [0, 0.05) is 5.69 Å². The molecule has 0 amide bonds. The molecular formula is C27H24ClFN4O4. The highest BCUT2D eigenvalue weighted by atomic mass is 35.5. The van der Waals surface area contributed by atoms with E-state index < -0.39 is 12.6 Å². The smallest absolute Gasteiger partial charge is 0.344 e. The van der Waals surface area contributed by atoms with Crippen molar-refractivity contribution in [2.24, 2.45) is 10.1 Å². The normalized spacial score (nSPS) is 15.5. The van der Waals surface area contributed by atoms with Crippen LogP contribution < -0.4 is 10.2 Å². The first-order valence-corrected chi connectivity index (χ1v) is 11.8. The fraction of sp³-hybridized carbons (Fsp3) is 0.222. The van der Waals surface area contributed by atoms with E-state index in [-0.39, 0.29) is 18.8 Å². The summed E-state index contributed by atoms with van der Waals surface area (Å²) in [7, 11) is 0. The lowest BCUT2D eigenvalue weighted by Gasteiger charge is -2.23. The molecule has 4 rings (SSSR count). The lowest BCUT2D eigenvalue weighted by molar-refractivity contribution is -0.142. The van der Waals surface area contributed by atoms with Crippen molar-refractivity contribution in [3.8, 4) is 11.8 Å². The van der Waals surface area contributed by atoms with Crippen molar-refractivity contribution >= 4 is 35.3 Å². The predicted molar refractivity (Wildman–Crippen MR) is 140 cm³/mol. The van der Waals surface area contributed by atoms with Crippen molar-refractivity contribution in [1.82, 2.24) is 5.32 Å². The minimum absolute atomic E-state index is 0.109. The third-order valence-electron chi connectivity index (χ3n) is 5.37. The quantitative estimate of drug-likeness (QED) is 0.379. The lowest BCUT2D eigenvalue weighted by Crippen LogP contribution is -2.26. The maximum atomic E-state index is 13.5. The Balaban J connectivity index is 1.40. The first kappa shape index (κ1) is 25.8. The molecule has 2 aromatic rings. The van der Waals surface area contributed by atoms with Gasteiger partial charge in [0.15, 0.2) is 0 Å². The molecule has 0 fully saturated rings. The number of rotatable bonds is 9. The number of hydrogen-bond acceptors (Lipinski definition) is 7. The molecule has 0 spiro atoms. The molecule has 10 heteroatoms. The number of ether oxygens (including phenoxy) is 1. The van der Waals surface area contributed by atoms with Crippen molar-refractivity contribution < 1.29 is 23.9 Å². The van der Waals surface area contributed by atoms with Gasteiger partial charge in [-0.05, 0) is 35.4 Å². The van der Waals surface area contributed by atoms with E-state index in [1.54, 1.807) is 24.5 Å². The van der Waals surface area contributed by atoms with Crippen molar-refractivity contribution in [3.05, 3.63) is 88.0 Å². The van der Waals surface area contributed by atoms with E-state index >= 15 is 0 Å². The number of para-hydroxylation sites is 1. The van der Waals surface area contributed by atoms with Gasteiger partial charge in [-0.1, -0.05) is 58.9 Å². The molecule has 0 atom stereocenters. The van der Waals surface area contributed by atoms with Gasteiger partial charge in [0.2, 0.25) is 6.61 Å². The number of nitrogens with zero attached hydrogens (tertiary/aromatic N) is 3. The molecule has 0 radical (unpaired) electrons. The molecular weight excluding hydrogens is 499 g/mol. The molecule has 0 unspecified atom stereocenters. The zero-order valence-electron chi connectivity index (χ0n) is 19.8. The van der Waals surface area contributed by atoms with Crippen LogP contribution in [-0.4, -0.2) is 42.8 Å². The van der Waals surface area contributed by atoms with Gasteiger partial charge in [-0.15, -0.1) is 0 Å². The Hall–Kier alpha value is -4.29. The Morgan fingerprint density at radius 1 is 1.24 bits per heavy atom. The highest BCUT2D eigenvalue weighted by Gasteiger charge is 2.21. The van der Waals surface area contributed by atoms with Crippen LogP contribution in [0.3, 0.4) is 0 Å². The first-order chi connectivity index (χ1) is 18.0. The summed E-state index contributed by atoms with van der Waals surface area (Å²) in [6, 6.07) is 14.1. The van der Waals surface area contributed by atoms with Crippen LogP contribution >= 0.6 is 11.6 Å². The van der Waals surface area contributed by atoms with Crippen LogP contribution in [0.1, 0.15) is 17.5 Å². The summed E-state index contributed by atoms with van der Waals surface area (Å²) in [6.45, 7) is 0.941. The molecule has 0 aromatic heterocycles. The first-order valence-electron chi connectivity index (χ1n) is 11.4. The van der Waals surface area contributed by atoms with E-state index in [9.17, 15) is 9.18 Å². The SMILES string of the molecule is O=C(O)CO/N=C1\CC(OCc2cccc(F)c2)=C(Cl)C=C1NCC#CCN1C=NCc2ccccc21.